The normalized spacial score (nSPS) is 41.0. The molecule has 16 heavy (non-hydrogen) atoms. The second kappa shape index (κ2) is 5.12. The fraction of sp³-hybridized carbons (Fsp3) is 1.00. The SMILES string of the molecule is CC1CC(COP(=O)(O)O)C(O)C(O)C1C. The molecule has 96 valence electrons. The number of hydrogen-bond donors (Lipinski definition) is 4. The van der Waals surface area contributed by atoms with Crippen molar-refractivity contribution >= 4 is 7.82 Å². The molecule has 0 radical (unpaired) electrons. The van der Waals surface area contributed by atoms with E-state index in [0.717, 1.165) is 0 Å². The lowest BCUT2D eigenvalue weighted by atomic mass is 9.72. The highest BCUT2D eigenvalue weighted by Crippen LogP contribution is 2.40. The van der Waals surface area contributed by atoms with Crippen molar-refractivity contribution in [2.24, 2.45) is 17.8 Å². The van der Waals surface area contributed by atoms with Gasteiger partial charge in [-0.25, -0.2) is 4.57 Å². The van der Waals surface area contributed by atoms with E-state index in [0.29, 0.717) is 6.42 Å². The third-order valence-corrected chi connectivity index (χ3v) is 3.89. The molecule has 0 aliphatic heterocycles. The number of rotatable bonds is 3. The van der Waals surface area contributed by atoms with E-state index in [1.807, 2.05) is 13.8 Å². The van der Waals surface area contributed by atoms with Crippen molar-refractivity contribution in [1.29, 1.82) is 0 Å². The van der Waals surface area contributed by atoms with Crippen LogP contribution in [-0.4, -0.2) is 38.8 Å². The minimum Gasteiger partial charge on any atom is -0.390 e. The first-order valence-electron chi connectivity index (χ1n) is 5.28. The van der Waals surface area contributed by atoms with Crippen LogP contribution in [0.2, 0.25) is 0 Å². The van der Waals surface area contributed by atoms with E-state index in [2.05, 4.69) is 4.52 Å². The Labute approximate surface area is 94.5 Å². The zero-order valence-corrected chi connectivity index (χ0v) is 10.2. The van der Waals surface area contributed by atoms with Crippen LogP contribution in [0.5, 0.6) is 0 Å². The van der Waals surface area contributed by atoms with Gasteiger partial charge in [-0.2, -0.15) is 0 Å². The molecule has 7 heteroatoms. The van der Waals surface area contributed by atoms with Crippen LogP contribution in [0.3, 0.4) is 0 Å². The highest BCUT2D eigenvalue weighted by atomic mass is 31.2. The maximum atomic E-state index is 10.5. The van der Waals surface area contributed by atoms with Gasteiger partial charge in [0.2, 0.25) is 0 Å². The van der Waals surface area contributed by atoms with Gasteiger partial charge < -0.3 is 20.0 Å². The molecule has 0 saturated heterocycles. The standard InChI is InChI=1S/C9H19O6P/c1-5-3-7(4-15-16(12,13)14)9(11)8(10)6(5)2/h5-11H,3-4H2,1-2H3,(H2,12,13,14). The van der Waals surface area contributed by atoms with Crippen molar-refractivity contribution in [2.75, 3.05) is 6.61 Å². The van der Waals surface area contributed by atoms with Crippen molar-refractivity contribution in [3.8, 4) is 0 Å². The van der Waals surface area contributed by atoms with Crippen molar-refractivity contribution in [2.45, 2.75) is 32.5 Å². The second-order valence-corrected chi connectivity index (χ2v) is 5.84. The molecule has 0 bridgehead atoms. The Morgan fingerprint density at radius 3 is 2.31 bits per heavy atom. The first-order chi connectivity index (χ1) is 7.22. The van der Waals surface area contributed by atoms with E-state index in [4.69, 9.17) is 9.79 Å². The monoisotopic (exact) mass is 254 g/mol. The largest absolute Gasteiger partial charge is 0.469 e. The minimum absolute atomic E-state index is 0.0266. The summed E-state index contributed by atoms with van der Waals surface area (Å²) in [5.74, 6) is -0.279. The van der Waals surface area contributed by atoms with E-state index in [1.54, 1.807) is 0 Å². The maximum Gasteiger partial charge on any atom is 0.469 e. The molecule has 0 amide bonds. The molecule has 1 saturated carbocycles. The van der Waals surface area contributed by atoms with Crippen LogP contribution < -0.4 is 0 Å². The molecule has 1 rings (SSSR count). The summed E-state index contributed by atoms with van der Waals surface area (Å²) >= 11 is 0. The Morgan fingerprint density at radius 2 is 1.81 bits per heavy atom. The van der Waals surface area contributed by atoms with Gasteiger partial charge in [-0.1, -0.05) is 13.8 Å². The van der Waals surface area contributed by atoms with Crippen molar-refractivity contribution in [1.82, 2.24) is 0 Å². The van der Waals surface area contributed by atoms with Gasteiger partial charge >= 0.3 is 7.82 Å². The minimum atomic E-state index is -4.51. The van der Waals surface area contributed by atoms with Crippen molar-refractivity contribution in [3.05, 3.63) is 0 Å². The Bertz CT molecular complexity index is 277. The summed E-state index contributed by atoms with van der Waals surface area (Å²) in [6, 6.07) is 0. The molecule has 1 aliphatic rings. The predicted octanol–water partition coefficient (Wildman–Crippen LogP) is 0.110. The van der Waals surface area contributed by atoms with Crippen LogP contribution in [0, 0.1) is 17.8 Å². The number of aliphatic hydroxyl groups is 2. The van der Waals surface area contributed by atoms with Crippen LogP contribution in [0.4, 0.5) is 0 Å². The fourth-order valence-electron chi connectivity index (χ4n) is 2.12. The Kier molecular flexibility index (Phi) is 4.51. The Hall–Kier alpha value is 0.0300. The van der Waals surface area contributed by atoms with Crippen LogP contribution in [0.1, 0.15) is 20.3 Å². The number of aliphatic hydroxyl groups excluding tert-OH is 2. The molecule has 5 unspecified atom stereocenters. The lowest BCUT2D eigenvalue weighted by Crippen LogP contribution is -2.47. The molecular formula is C9H19O6P. The summed E-state index contributed by atoms with van der Waals surface area (Å²) < 4.78 is 14.9. The summed E-state index contributed by atoms with van der Waals surface area (Å²) in [5.41, 5.74) is 0. The molecule has 1 aliphatic carbocycles. The fourth-order valence-corrected chi connectivity index (χ4v) is 2.50. The Morgan fingerprint density at radius 1 is 1.25 bits per heavy atom. The molecule has 0 aromatic heterocycles. The molecule has 0 aromatic rings. The van der Waals surface area contributed by atoms with E-state index >= 15 is 0 Å². The second-order valence-electron chi connectivity index (χ2n) is 4.60. The molecule has 0 aromatic carbocycles. The van der Waals surface area contributed by atoms with Gasteiger partial charge in [0.15, 0.2) is 0 Å². The zero-order valence-electron chi connectivity index (χ0n) is 9.35. The van der Waals surface area contributed by atoms with Crippen molar-refractivity contribution < 1.29 is 29.1 Å². The van der Waals surface area contributed by atoms with Crippen LogP contribution >= 0.6 is 7.82 Å². The van der Waals surface area contributed by atoms with Crippen LogP contribution in [0.15, 0.2) is 0 Å². The first-order valence-corrected chi connectivity index (χ1v) is 6.81. The smallest absolute Gasteiger partial charge is 0.390 e. The van der Waals surface area contributed by atoms with Gasteiger partial charge in [0.1, 0.15) is 0 Å². The van der Waals surface area contributed by atoms with E-state index in [1.165, 1.54) is 0 Å². The number of phosphoric ester groups is 1. The summed E-state index contributed by atoms with van der Waals surface area (Å²) in [6.45, 7) is 3.54. The topological polar surface area (TPSA) is 107 Å². The van der Waals surface area contributed by atoms with Gasteiger partial charge in [-0.3, -0.25) is 4.52 Å². The van der Waals surface area contributed by atoms with Crippen LogP contribution in [0.25, 0.3) is 0 Å². The number of phosphoric acid groups is 1. The molecular weight excluding hydrogens is 235 g/mol. The maximum absolute atomic E-state index is 10.5. The zero-order chi connectivity index (χ0) is 12.5. The highest BCUT2D eigenvalue weighted by molar-refractivity contribution is 7.46. The predicted molar refractivity (Wildman–Crippen MR) is 56.4 cm³/mol. The molecule has 6 nitrogen and oxygen atoms in total. The van der Waals surface area contributed by atoms with E-state index < -0.39 is 25.9 Å². The quantitative estimate of drug-likeness (QED) is 0.532. The summed E-state index contributed by atoms with van der Waals surface area (Å²) in [4.78, 5) is 17.1. The summed E-state index contributed by atoms with van der Waals surface area (Å²) in [7, 11) is -4.51. The average Bonchev–Trinajstić information content (AvgIpc) is 2.17. The molecule has 4 N–H and O–H groups in total. The molecule has 0 heterocycles. The first kappa shape index (κ1) is 14.1. The van der Waals surface area contributed by atoms with Gasteiger partial charge in [-0.15, -0.1) is 0 Å². The third kappa shape index (κ3) is 3.52. The van der Waals surface area contributed by atoms with Gasteiger partial charge in [0.05, 0.1) is 18.8 Å². The van der Waals surface area contributed by atoms with Crippen LogP contribution in [-0.2, 0) is 9.09 Å². The van der Waals surface area contributed by atoms with Gasteiger partial charge in [0, 0.05) is 5.92 Å². The molecule has 1 fully saturated rings. The van der Waals surface area contributed by atoms with Gasteiger partial charge in [0.25, 0.3) is 0 Å². The Balaban J connectivity index is 2.57. The average molecular weight is 254 g/mol. The van der Waals surface area contributed by atoms with E-state index in [-0.39, 0.29) is 18.4 Å². The van der Waals surface area contributed by atoms with Gasteiger partial charge in [-0.05, 0) is 18.3 Å². The van der Waals surface area contributed by atoms with E-state index in [9.17, 15) is 14.8 Å². The third-order valence-electron chi connectivity index (χ3n) is 3.40. The van der Waals surface area contributed by atoms with Crippen molar-refractivity contribution in [3.63, 3.8) is 0 Å². The number of hydrogen-bond acceptors (Lipinski definition) is 4. The summed E-state index contributed by atoms with van der Waals surface area (Å²) in [5, 5.41) is 19.5. The lowest BCUT2D eigenvalue weighted by Gasteiger charge is -2.40. The lowest BCUT2D eigenvalue weighted by molar-refractivity contribution is -0.100. The molecule has 5 atom stereocenters. The molecule has 0 spiro atoms. The highest BCUT2D eigenvalue weighted by Gasteiger charge is 2.39. The summed E-state index contributed by atoms with van der Waals surface area (Å²) in [6.07, 6.45) is -1.27.